The normalized spacial score (nSPS) is 20.1. The molecule has 1 saturated heterocycles. The molecule has 0 bridgehead atoms. The van der Waals surface area contributed by atoms with Crippen LogP contribution in [-0.2, 0) is 14.4 Å². The minimum Gasteiger partial charge on any atom is -0.370 e. The number of hydrogen-bond acceptors (Lipinski definition) is 4. The van der Waals surface area contributed by atoms with Crippen molar-refractivity contribution >= 4 is 17.7 Å². The van der Waals surface area contributed by atoms with E-state index >= 15 is 0 Å². The summed E-state index contributed by atoms with van der Waals surface area (Å²) in [5.41, 5.74) is 5.00. The predicted molar refractivity (Wildman–Crippen MR) is 61.8 cm³/mol. The van der Waals surface area contributed by atoms with E-state index in [-0.39, 0.29) is 24.1 Å². The number of hydrogen-bond donors (Lipinski definition) is 2. The molecular weight excluding hydrogens is 222 g/mol. The first kappa shape index (κ1) is 13.6. The molecular formula is C11H19N3O3. The minimum atomic E-state index is -0.429. The van der Waals surface area contributed by atoms with Crippen molar-refractivity contribution in [2.75, 3.05) is 13.1 Å². The number of nitrogens with zero attached hydrogens (tertiary/aromatic N) is 1. The summed E-state index contributed by atoms with van der Waals surface area (Å²) in [7, 11) is 0. The molecule has 17 heavy (non-hydrogen) atoms. The standard InChI is InChI=1S/C11H19N3O3/c1-2-6-14-10(16)7-8(11(14)17)13-5-3-4-9(12)15/h8,13H,2-7H2,1H3,(H2,12,15). The zero-order valence-corrected chi connectivity index (χ0v) is 10.1. The summed E-state index contributed by atoms with van der Waals surface area (Å²) >= 11 is 0. The first-order valence-corrected chi connectivity index (χ1v) is 5.92. The molecule has 1 rings (SSSR count). The molecule has 0 aromatic rings. The summed E-state index contributed by atoms with van der Waals surface area (Å²) in [6, 6.07) is -0.429. The molecule has 0 saturated carbocycles. The first-order valence-electron chi connectivity index (χ1n) is 5.92. The summed E-state index contributed by atoms with van der Waals surface area (Å²) < 4.78 is 0. The van der Waals surface area contributed by atoms with Crippen molar-refractivity contribution in [2.24, 2.45) is 5.73 Å². The molecule has 1 unspecified atom stereocenters. The van der Waals surface area contributed by atoms with Gasteiger partial charge in [0.05, 0.1) is 12.5 Å². The highest BCUT2D eigenvalue weighted by molar-refractivity contribution is 6.05. The Morgan fingerprint density at radius 3 is 2.82 bits per heavy atom. The van der Waals surface area contributed by atoms with Gasteiger partial charge in [-0.25, -0.2) is 0 Å². The molecule has 1 aliphatic rings. The number of primary amides is 1. The summed E-state index contributed by atoms with van der Waals surface area (Å²) in [4.78, 5) is 35.1. The van der Waals surface area contributed by atoms with Crippen LogP contribution in [0.4, 0.5) is 0 Å². The van der Waals surface area contributed by atoms with Gasteiger partial charge in [-0.15, -0.1) is 0 Å². The fraction of sp³-hybridized carbons (Fsp3) is 0.727. The SMILES string of the molecule is CCCN1C(=O)CC(NCCCC(N)=O)C1=O. The maximum absolute atomic E-state index is 11.8. The number of amides is 3. The number of carbonyl (C=O) groups is 3. The fourth-order valence-electron chi connectivity index (χ4n) is 1.84. The van der Waals surface area contributed by atoms with Gasteiger partial charge in [0.15, 0.2) is 0 Å². The predicted octanol–water partition coefficient (Wildman–Crippen LogP) is -0.621. The van der Waals surface area contributed by atoms with Crippen molar-refractivity contribution in [3.8, 4) is 0 Å². The van der Waals surface area contributed by atoms with Gasteiger partial charge in [0.2, 0.25) is 17.7 Å². The van der Waals surface area contributed by atoms with Gasteiger partial charge in [0.25, 0.3) is 0 Å². The van der Waals surface area contributed by atoms with E-state index in [1.165, 1.54) is 4.90 Å². The molecule has 3 amide bonds. The van der Waals surface area contributed by atoms with Crippen LogP contribution in [0.15, 0.2) is 0 Å². The van der Waals surface area contributed by atoms with Crippen LogP contribution in [-0.4, -0.2) is 41.8 Å². The lowest BCUT2D eigenvalue weighted by Crippen LogP contribution is -2.39. The summed E-state index contributed by atoms with van der Waals surface area (Å²) in [6.07, 6.45) is 1.86. The van der Waals surface area contributed by atoms with Crippen LogP contribution in [0.5, 0.6) is 0 Å². The van der Waals surface area contributed by atoms with Gasteiger partial charge < -0.3 is 11.1 Å². The maximum Gasteiger partial charge on any atom is 0.246 e. The van der Waals surface area contributed by atoms with Crippen LogP contribution in [0.1, 0.15) is 32.6 Å². The van der Waals surface area contributed by atoms with Gasteiger partial charge in [-0.2, -0.15) is 0 Å². The molecule has 96 valence electrons. The van der Waals surface area contributed by atoms with Gasteiger partial charge in [-0.3, -0.25) is 19.3 Å². The lowest BCUT2D eigenvalue weighted by atomic mass is 10.2. The van der Waals surface area contributed by atoms with Crippen molar-refractivity contribution in [3.63, 3.8) is 0 Å². The van der Waals surface area contributed by atoms with E-state index in [2.05, 4.69) is 5.32 Å². The maximum atomic E-state index is 11.8. The Balaban J connectivity index is 2.33. The van der Waals surface area contributed by atoms with Crippen molar-refractivity contribution in [1.29, 1.82) is 0 Å². The van der Waals surface area contributed by atoms with Crippen molar-refractivity contribution < 1.29 is 14.4 Å². The topological polar surface area (TPSA) is 92.5 Å². The van der Waals surface area contributed by atoms with E-state index in [1.807, 2.05) is 6.92 Å². The number of nitrogens with two attached hydrogens (primary N) is 1. The Morgan fingerprint density at radius 2 is 2.24 bits per heavy atom. The zero-order valence-electron chi connectivity index (χ0n) is 10.1. The third-order valence-electron chi connectivity index (χ3n) is 2.68. The minimum absolute atomic E-state index is 0.121. The van der Waals surface area contributed by atoms with Crippen LogP contribution in [0.25, 0.3) is 0 Å². The molecule has 6 heteroatoms. The highest BCUT2D eigenvalue weighted by Crippen LogP contribution is 2.13. The zero-order chi connectivity index (χ0) is 12.8. The quantitative estimate of drug-likeness (QED) is 0.459. The third kappa shape index (κ3) is 3.81. The van der Waals surface area contributed by atoms with Gasteiger partial charge in [0, 0.05) is 13.0 Å². The van der Waals surface area contributed by atoms with Gasteiger partial charge in [0.1, 0.15) is 0 Å². The molecule has 0 aromatic carbocycles. The molecule has 0 spiro atoms. The second-order valence-electron chi connectivity index (χ2n) is 4.16. The van der Waals surface area contributed by atoms with Crippen molar-refractivity contribution in [1.82, 2.24) is 10.2 Å². The lowest BCUT2D eigenvalue weighted by Gasteiger charge is -2.14. The van der Waals surface area contributed by atoms with Crippen LogP contribution in [0, 0.1) is 0 Å². The smallest absolute Gasteiger partial charge is 0.246 e. The number of rotatable bonds is 7. The first-order chi connectivity index (χ1) is 8.06. The van der Waals surface area contributed by atoms with Gasteiger partial charge in [-0.1, -0.05) is 6.92 Å². The van der Waals surface area contributed by atoms with Crippen LogP contribution < -0.4 is 11.1 Å². The number of carbonyl (C=O) groups excluding carboxylic acids is 3. The molecule has 0 aromatic heterocycles. The molecule has 0 aliphatic carbocycles. The summed E-state index contributed by atoms with van der Waals surface area (Å²) in [6.45, 7) is 2.93. The Hall–Kier alpha value is -1.43. The average molecular weight is 241 g/mol. The van der Waals surface area contributed by atoms with E-state index in [1.54, 1.807) is 0 Å². The third-order valence-corrected chi connectivity index (χ3v) is 2.68. The lowest BCUT2D eigenvalue weighted by molar-refractivity contribution is -0.138. The van der Waals surface area contributed by atoms with Crippen molar-refractivity contribution in [3.05, 3.63) is 0 Å². The molecule has 1 atom stereocenters. The second-order valence-corrected chi connectivity index (χ2v) is 4.16. The Labute approximate surface area is 101 Å². The molecule has 1 aliphatic heterocycles. The monoisotopic (exact) mass is 241 g/mol. The molecule has 0 radical (unpaired) electrons. The van der Waals surface area contributed by atoms with Crippen LogP contribution in [0.2, 0.25) is 0 Å². The largest absolute Gasteiger partial charge is 0.370 e. The second kappa shape index (κ2) is 6.34. The molecule has 1 fully saturated rings. The van der Waals surface area contributed by atoms with E-state index in [4.69, 9.17) is 5.73 Å². The summed E-state index contributed by atoms with van der Waals surface area (Å²) in [5.74, 6) is -0.631. The van der Waals surface area contributed by atoms with Crippen LogP contribution in [0.3, 0.4) is 0 Å². The summed E-state index contributed by atoms with van der Waals surface area (Å²) in [5, 5.41) is 2.99. The number of imide groups is 1. The Morgan fingerprint density at radius 1 is 1.53 bits per heavy atom. The fourth-order valence-corrected chi connectivity index (χ4v) is 1.84. The van der Waals surface area contributed by atoms with Crippen LogP contribution >= 0.6 is 0 Å². The molecule has 1 heterocycles. The van der Waals surface area contributed by atoms with E-state index in [0.717, 1.165) is 6.42 Å². The Bertz CT molecular complexity index is 317. The van der Waals surface area contributed by atoms with Crippen molar-refractivity contribution in [2.45, 2.75) is 38.6 Å². The highest BCUT2D eigenvalue weighted by Gasteiger charge is 2.37. The number of nitrogens with one attached hydrogen (secondary N) is 1. The van der Waals surface area contributed by atoms with Gasteiger partial charge in [-0.05, 0) is 19.4 Å². The van der Waals surface area contributed by atoms with E-state index in [9.17, 15) is 14.4 Å². The molecule has 6 nitrogen and oxygen atoms in total. The van der Waals surface area contributed by atoms with E-state index < -0.39 is 6.04 Å². The van der Waals surface area contributed by atoms with Gasteiger partial charge >= 0.3 is 0 Å². The average Bonchev–Trinajstić information content (AvgIpc) is 2.52. The van der Waals surface area contributed by atoms with E-state index in [0.29, 0.717) is 25.9 Å². The number of likely N-dealkylation sites (tertiary alicyclic amines) is 1. The highest BCUT2D eigenvalue weighted by atomic mass is 16.2. The Kier molecular flexibility index (Phi) is 5.09. The molecule has 3 N–H and O–H groups in total.